The van der Waals surface area contributed by atoms with Crippen LogP contribution in [0.25, 0.3) is 6.08 Å². The molecule has 0 aliphatic rings. The second-order valence-electron chi connectivity index (χ2n) is 5.81. The molecule has 138 valence electrons. The molecule has 0 atom stereocenters. The molecule has 0 saturated carbocycles. The van der Waals surface area contributed by atoms with Crippen LogP contribution in [0.15, 0.2) is 42.5 Å². The number of para-hydroxylation sites is 1. The van der Waals surface area contributed by atoms with Gasteiger partial charge in [0.1, 0.15) is 11.5 Å². The van der Waals surface area contributed by atoms with Crippen molar-refractivity contribution < 1.29 is 23.7 Å². The molecule has 0 bridgehead atoms. The molecule has 0 saturated heterocycles. The van der Waals surface area contributed by atoms with Gasteiger partial charge in [0, 0.05) is 5.56 Å². The second-order valence-corrected chi connectivity index (χ2v) is 5.81. The molecule has 0 amide bonds. The van der Waals surface area contributed by atoms with Gasteiger partial charge < -0.3 is 18.9 Å². The lowest BCUT2D eigenvalue weighted by molar-refractivity contribution is 0.104. The van der Waals surface area contributed by atoms with E-state index < -0.39 is 0 Å². The van der Waals surface area contributed by atoms with Gasteiger partial charge in [-0.2, -0.15) is 0 Å². The lowest BCUT2D eigenvalue weighted by Crippen LogP contribution is -2.08. The molecule has 0 heterocycles. The highest BCUT2D eigenvalue weighted by Crippen LogP contribution is 2.33. The summed E-state index contributed by atoms with van der Waals surface area (Å²) < 4.78 is 21.7. The van der Waals surface area contributed by atoms with E-state index in [1.807, 2.05) is 32.0 Å². The van der Waals surface area contributed by atoms with Crippen LogP contribution in [-0.2, 0) is 0 Å². The quantitative estimate of drug-likeness (QED) is 0.518. The second kappa shape index (κ2) is 8.94. The fourth-order valence-electron chi connectivity index (χ4n) is 2.45. The molecular weight excluding hydrogens is 332 g/mol. The molecule has 0 unspecified atom stereocenters. The molecule has 2 rings (SSSR count). The number of ketones is 1. The van der Waals surface area contributed by atoms with E-state index in [1.54, 1.807) is 38.5 Å². The Morgan fingerprint density at radius 1 is 0.962 bits per heavy atom. The summed E-state index contributed by atoms with van der Waals surface area (Å²) >= 11 is 0. The van der Waals surface area contributed by atoms with Gasteiger partial charge in [0.15, 0.2) is 17.3 Å². The third-order valence-corrected chi connectivity index (χ3v) is 3.67. The first-order valence-electron chi connectivity index (χ1n) is 8.28. The van der Waals surface area contributed by atoms with E-state index in [0.29, 0.717) is 28.6 Å². The van der Waals surface area contributed by atoms with Crippen LogP contribution in [0.2, 0.25) is 0 Å². The number of hydrogen-bond acceptors (Lipinski definition) is 5. The molecule has 5 heteroatoms. The fourth-order valence-corrected chi connectivity index (χ4v) is 2.45. The molecule has 5 nitrogen and oxygen atoms in total. The normalized spacial score (nSPS) is 10.8. The summed E-state index contributed by atoms with van der Waals surface area (Å²) in [4.78, 5) is 12.7. The van der Waals surface area contributed by atoms with Crippen molar-refractivity contribution in [1.29, 1.82) is 0 Å². The molecule has 0 aromatic heterocycles. The van der Waals surface area contributed by atoms with Crippen molar-refractivity contribution >= 4 is 11.9 Å². The first kappa shape index (κ1) is 19.4. The Morgan fingerprint density at radius 2 is 1.69 bits per heavy atom. The first-order chi connectivity index (χ1) is 12.5. The van der Waals surface area contributed by atoms with Crippen molar-refractivity contribution in [2.45, 2.75) is 20.0 Å². The van der Waals surface area contributed by atoms with E-state index in [-0.39, 0.29) is 11.9 Å². The molecule has 0 aliphatic carbocycles. The highest BCUT2D eigenvalue weighted by molar-refractivity contribution is 6.09. The van der Waals surface area contributed by atoms with Crippen LogP contribution >= 0.6 is 0 Å². The summed E-state index contributed by atoms with van der Waals surface area (Å²) in [5.41, 5.74) is 1.19. The third-order valence-electron chi connectivity index (χ3n) is 3.67. The number of ether oxygens (including phenoxy) is 4. The van der Waals surface area contributed by atoms with Crippen molar-refractivity contribution in [3.8, 4) is 23.0 Å². The summed E-state index contributed by atoms with van der Waals surface area (Å²) in [6, 6.07) is 10.6. The van der Waals surface area contributed by atoms with Gasteiger partial charge in [-0.15, -0.1) is 0 Å². The van der Waals surface area contributed by atoms with Crippen molar-refractivity contribution in [1.82, 2.24) is 0 Å². The van der Waals surface area contributed by atoms with Gasteiger partial charge in [0.25, 0.3) is 0 Å². The Labute approximate surface area is 154 Å². The maximum atomic E-state index is 12.7. The summed E-state index contributed by atoms with van der Waals surface area (Å²) in [6.07, 6.45) is 3.17. The molecular formula is C21H24O5. The van der Waals surface area contributed by atoms with Crippen LogP contribution in [-0.4, -0.2) is 33.2 Å². The van der Waals surface area contributed by atoms with Gasteiger partial charge in [-0.25, -0.2) is 0 Å². The Kier molecular flexibility index (Phi) is 6.67. The number of carbonyl (C=O) groups is 1. The molecule has 2 aromatic carbocycles. The number of rotatable bonds is 8. The van der Waals surface area contributed by atoms with Gasteiger partial charge in [0.2, 0.25) is 0 Å². The van der Waals surface area contributed by atoms with Gasteiger partial charge in [-0.1, -0.05) is 12.1 Å². The van der Waals surface area contributed by atoms with Gasteiger partial charge in [-0.05, 0) is 50.3 Å². The highest BCUT2D eigenvalue weighted by atomic mass is 16.5. The average Bonchev–Trinajstić information content (AvgIpc) is 2.65. The Hall–Kier alpha value is -2.95. The van der Waals surface area contributed by atoms with Crippen molar-refractivity contribution in [2.24, 2.45) is 0 Å². The Morgan fingerprint density at radius 3 is 2.31 bits per heavy atom. The number of benzene rings is 2. The minimum absolute atomic E-state index is 0.0207. The molecule has 26 heavy (non-hydrogen) atoms. The monoisotopic (exact) mass is 356 g/mol. The maximum Gasteiger partial charge on any atom is 0.189 e. The molecule has 0 fully saturated rings. The van der Waals surface area contributed by atoms with E-state index >= 15 is 0 Å². The number of carbonyl (C=O) groups excluding carboxylic acids is 1. The number of allylic oxidation sites excluding steroid dienone is 1. The van der Waals surface area contributed by atoms with Crippen LogP contribution in [0.4, 0.5) is 0 Å². The minimum Gasteiger partial charge on any atom is -0.497 e. The van der Waals surface area contributed by atoms with Gasteiger partial charge in [0.05, 0.1) is 33.0 Å². The molecule has 0 aliphatic heterocycles. The van der Waals surface area contributed by atoms with Crippen molar-refractivity contribution in [2.75, 3.05) is 21.3 Å². The lowest BCUT2D eigenvalue weighted by Gasteiger charge is -2.15. The zero-order valence-corrected chi connectivity index (χ0v) is 15.7. The average molecular weight is 356 g/mol. The highest BCUT2D eigenvalue weighted by Gasteiger charge is 2.13. The van der Waals surface area contributed by atoms with Crippen molar-refractivity contribution in [3.63, 3.8) is 0 Å². The van der Waals surface area contributed by atoms with E-state index in [2.05, 4.69) is 0 Å². The number of hydrogen-bond donors (Lipinski definition) is 0. The standard InChI is InChI=1S/C21H24O5/c1-14(2)26-21-15(7-6-8-20(21)25-5)9-11-18(22)17-13-16(23-3)10-12-19(17)24-4/h6-14H,1-5H3. The van der Waals surface area contributed by atoms with Crippen LogP contribution < -0.4 is 18.9 Å². The smallest absolute Gasteiger partial charge is 0.189 e. The Bertz CT molecular complexity index is 793. The van der Waals surface area contributed by atoms with E-state index in [9.17, 15) is 4.79 Å². The summed E-state index contributed by atoms with van der Waals surface area (Å²) in [6.45, 7) is 3.87. The molecule has 0 N–H and O–H groups in total. The number of methoxy groups -OCH3 is 3. The SMILES string of the molecule is COc1ccc(OC)c(C(=O)C=Cc2cccc(OC)c2OC(C)C)c1. The third kappa shape index (κ3) is 4.57. The summed E-state index contributed by atoms with van der Waals surface area (Å²) in [5, 5.41) is 0. The zero-order chi connectivity index (χ0) is 19.1. The topological polar surface area (TPSA) is 54.0 Å². The minimum atomic E-state index is -0.195. The van der Waals surface area contributed by atoms with Crippen LogP contribution in [0.3, 0.4) is 0 Å². The molecule has 2 aromatic rings. The van der Waals surface area contributed by atoms with Gasteiger partial charge in [-0.3, -0.25) is 4.79 Å². The summed E-state index contributed by atoms with van der Waals surface area (Å²) in [7, 11) is 4.67. The van der Waals surface area contributed by atoms with Crippen LogP contribution in [0, 0.1) is 0 Å². The Balaban J connectivity index is 2.37. The van der Waals surface area contributed by atoms with E-state index in [0.717, 1.165) is 5.56 Å². The van der Waals surface area contributed by atoms with E-state index in [4.69, 9.17) is 18.9 Å². The molecule has 0 spiro atoms. The first-order valence-corrected chi connectivity index (χ1v) is 8.28. The van der Waals surface area contributed by atoms with Crippen LogP contribution in [0.5, 0.6) is 23.0 Å². The van der Waals surface area contributed by atoms with E-state index in [1.165, 1.54) is 13.2 Å². The predicted molar refractivity (Wildman–Crippen MR) is 102 cm³/mol. The molecule has 0 radical (unpaired) electrons. The van der Waals surface area contributed by atoms with Gasteiger partial charge >= 0.3 is 0 Å². The van der Waals surface area contributed by atoms with Crippen LogP contribution in [0.1, 0.15) is 29.8 Å². The fraction of sp³-hybridized carbons (Fsp3) is 0.286. The summed E-state index contributed by atoms with van der Waals surface area (Å²) in [5.74, 6) is 2.11. The lowest BCUT2D eigenvalue weighted by atomic mass is 10.1. The van der Waals surface area contributed by atoms with Crippen molar-refractivity contribution in [3.05, 3.63) is 53.6 Å². The predicted octanol–water partition coefficient (Wildman–Crippen LogP) is 4.40. The zero-order valence-electron chi connectivity index (χ0n) is 15.7. The largest absolute Gasteiger partial charge is 0.497 e. The maximum absolute atomic E-state index is 12.7.